The van der Waals surface area contributed by atoms with Gasteiger partial charge in [-0.05, 0) is 41.5 Å². The van der Waals surface area contributed by atoms with E-state index in [9.17, 15) is 0 Å². The van der Waals surface area contributed by atoms with Crippen molar-refractivity contribution in [2.75, 3.05) is 7.11 Å². The second kappa shape index (κ2) is 5.14. The summed E-state index contributed by atoms with van der Waals surface area (Å²) in [7, 11) is 1.59. The zero-order chi connectivity index (χ0) is 13.2. The summed E-state index contributed by atoms with van der Waals surface area (Å²) in [5.41, 5.74) is 0.823. The third-order valence-electron chi connectivity index (χ3n) is 3.04. The highest BCUT2D eigenvalue weighted by Crippen LogP contribution is 2.26. The molecular formula is C12H14ClN5O. The Hall–Kier alpha value is -1.66. The molecule has 1 heterocycles. The average Bonchev–Trinajstić information content (AvgIpc) is 3.13. The SMILES string of the molecule is COc1ccc(-n2nnnc2CNC2CC2)cc1Cl. The molecule has 0 aliphatic heterocycles. The monoisotopic (exact) mass is 279 g/mol. The number of halogens is 1. The van der Waals surface area contributed by atoms with Gasteiger partial charge in [-0.15, -0.1) is 5.10 Å². The Morgan fingerprint density at radius 2 is 2.32 bits per heavy atom. The van der Waals surface area contributed by atoms with Gasteiger partial charge in [-0.25, -0.2) is 0 Å². The van der Waals surface area contributed by atoms with Crippen molar-refractivity contribution in [3.05, 3.63) is 29.0 Å². The molecule has 19 heavy (non-hydrogen) atoms. The molecule has 1 fully saturated rings. The quantitative estimate of drug-likeness (QED) is 0.900. The Morgan fingerprint density at radius 1 is 1.47 bits per heavy atom. The minimum Gasteiger partial charge on any atom is -0.495 e. The van der Waals surface area contributed by atoms with Crippen molar-refractivity contribution in [3.63, 3.8) is 0 Å². The lowest BCUT2D eigenvalue weighted by Crippen LogP contribution is -2.18. The van der Waals surface area contributed by atoms with Crippen molar-refractivity contribution in [3.8, 4) is 11.4 Å². The van der Waals surface area contributed by atoms with E-state index in [0.29, 0.717) is 23.4 Å². The van der Waals surface area contributed by atoms with E-state index in [4.69, 9.17) is 16.3 Å². The second-order valence-electron chi connectivity index (χ2n) is 4.48. The molecule has 1 saturated carbocycles. The van der Waals surface area contributed by atoms with Crippen LogP contribution in [0.4, 0.5) is 0 Å². The summed E-state index contributed by atoms with van der Waals surface area (Å²) in [5.74, 6) is 1.41. The first-order valence-electron chi connectivity index (χ1n) is 6.12. The zero-order valence-electron chi connectivity index (χ0n) is 10.5. The third-order valence-corrected chi connectivity index (χ3v) is 3.34. The minimum atomic E-state index is 0.539. The van der Waals surface area contributed by atoms with Crippen LogP contribution < -0.4 is 10.1 Å². The van der Waals surface area contributed by atoms with Crippen molar-refractivity contribution in [2.45, 2.75) is 25.4 Å². The second-order valence-corrected chi connectivity index (χ2v) is 4.89. The standard InChI is InChI=1S/C12H14ClN5O/c1-19-11-5-4-9(6-10(11)13)18-12(15-16-17-18)7-14-8-2-3-8/h4-6,8,14H,2-3,7H2,1H3. The Bertz CT molecular complexity index is 581. The van der Waals surface area contributed by atoms with Gasteiger partial charge in [-0.3, -0.25) is 0 Å². The van der Waals surface area contributed by atoms with Gasteiger partial charge in [0.2, 0.25) is 0 Å². The predicted octanol–water partition coefficient (Wildman–Crippen LogP) is 1.58. The van der Waals surface area contributed by atoms with Crippen molar-refractivity contribution in [2.24, 2.45) is 0 Å². The zero-order valence-corrected chi connectivity index (χ0v) is 11.3. The molecule has 100 valence electrons. The number of hydrogen-bond acceptors (Lipinski definition) is 5. The molecule has 1 aliphatic carbocycles. The van der Waals surface area contributed by atoms with E-state index >= 15 is 0 Å². The van der Waals surface area contributed by atoms with Gasteiger partial charge >= 0.3 is 0 Å². The van der Waals surface area contributed by atoms with Crippen LogP contribution in [0.1, 0.15) is 18.7 Å². The van der Waals surface area contributed by atoms with Gasteiger partial charge < -0.3 is 10.1 Å². The number of nitrogens with zero attached hydrogens (tertiary/aromatic N) is 4. The molecule has 3 rings (SSSR count). The number of nitrogens with one attached hydrogen (secondary N) is 1. The van der Waals surface area contributed by atoms with Crippen LogP contribution in [0.3, 0.4) is 0 Å². The lowest BCUT2D eigenvalue weighted by molar-refractivity contribution is 0.415. The Balaban J connectivity index is 1.84. The van der Waals surface area contributed by atoms with Crippen molar-refractivity contribution >= 4 is 11.6 Å². The smallest absolute Gasteiger partial charge is 0.170 e. The van der Waals surface area contributed by atoms with Crippen LogP contribution in [0.2, 0.25) is 5.02 Å². The number of aromatic nitrogens is 4. The molecule has 1 aromatic heterocycles. The summed E-state index contributed by atoms with van der Waals surface area (Å²) in [6.07, 6.45) is 2.46. The lowest BCUT2D eigenvalue weighted by Gasteiger charge is -2.08. The summed E-state index contributed by atoms with van der Waals surface area (Å²) >= 11 is 6.11. The summed E-state index contributed by atoms with van der Waals surface area (Å²) in [5, 5.41) is 15.7. The van der Waals surface area contributed by atoms with Gasteiger partial charge in [-0.1, -0.05) is 11.6 Å². The normalized spacial score (nSPS) is 14.6. The van der Waals surface area contributed by atoms with Gasteiger partial charge in [0, 0.05) is 6.04 Å². The maximum atomic E-state index is 6.11. The maximum Gasteiger partial charge on any atom is 0.170 e. The molecule has 0 atom stereocenters. The largest absolute Gasteiger partial charge is 0.495 e. The molecular weight excluding hydrogens is 266 g/mol. The number of hydrogen-bond donors (Lipinski definition) is 1. The number of ether oxygens (including phenoxy) is 1. The third kappa shape index (κ3) is 2.69. The van der Waals surface area contributed by atoms with Gasteiger partial charge in [0.05, 0.1) is 24.4 Å². The van der Waals surface area contributed by atoms with Gasteiger partial charge in [0.15, 0.2) is 5.82 Å². The molecule has 0 spiro atoms. The molecule has 0 radical (unpaired) electrons. The first-order valence-corrected chi connectivity index (χ1v) is 6.50. The maximum absolute atomic E-state index is 6.11. The van der Waals surface area contributed by atoms with Crippen LogP contribution in [0.15, 0.2) is 18.2 Å². The molecule has 0 bridgehead atoms. The van der Waals surface area contributed by atoms with E-state index in [1.807, 2.05) is 6.07 Å². The summed E-state index contributed by atoms with van der Waals surface area (Å²) in [6.45, 7) is 0.654. The first-order chi connectivity index (χ1) is 9.28. The van der Waals surface area contributed by atoms with Crippen LogP contribution in [-0.4, -0.2) is 33.4 Å². The van der Waals surface area contributed by atoms with Gasteiger partial charge in [0.25, 0.3) is 0 Å². The summed E-state index contributed by atoms with van der Waals surface area (Å²) < 4.78 is 6.81. The van der Waals surface area contributed by atoms with Gasteiger partial charge in [0.1, 0.15) is 5.75 Å². The average molecular weight is 280 g/mol. The molecule has 6 nitrogen and oxygen atoms in total. The van der Waals surface area contributed by atoms with E-state index in [0.717, 1.165) is 11.5 Å². The lowest BCUT2D eigenvalue weighted by atomic mass is 10.3. The van der Waals surface area contributed by atoms with Gasteiger partial charge in [-0.2, -0.15) is 4.68 Å². The number of tetrazole rings is 1. The fourth-order valence-corrected chi connectivity index (χ4v) is 2.08. The minimum absolute atomic E-state index is 0.539. The van der Waals surface area contributed by atoms with E-state index in [1.54, 1.807) is 23.9 Å². The molecule has 2 aromatic rings. The summed E-state index contributed by atoms with van der Waals surface area (Å²) in [6, 6.07) is 6.08. The van der Waals surface area contributed by atoms with E-state index in [1.165, 1.54) is 12.8 Å². The van der Waals surface area contributed by atoms with Crippen molar-refractivity contribution in [1.29, 1.82) is 0 Å². The number of benzene rings is 1. The topological polar surface area (TPSA) is 64.9 Å². The Labute approximate surface area is 115 Å². The highest BCUT2D eigenvalue weighted by Gasteiger charge is 2.21. The van der Waals surface area contributed by atoms with E-state index in [-0.39, 0.29) is 0 Å². The fourth-order valence-electron chi connectivity index (χ4n) is 1.83. The van der Waals surface area contributed by atoms with Crippen LogP contribution in [0, 0.1) is 0 Å². The number of rotatable bonds is 5. The first kappa shape index (κ1) is 12.4. The van der Waals surface area contributed by atoms with Crippen molar-refractivity contribution < 1.29 is 4.74 Å². The molecule has 0 amide bonds. The molecule has 1 N–H and O–H groups in total. The van der Waals surface area contributed by atoms with E-state index in [2.05, 4.69) is 20.8 Å². The van der Waals surface area contributed by atoms with Crippen LogP contribution in [0.5, 0.6) is 5.75 Å². The Morgan fingerprint density at radius 3 is 3.00 bits per heavy atom. The molecule has 7 heteroatoms. The van der Waals surface area contributed by atoms with Crippen LogP contribution in [-0.2, 0) is 6.54 Å². The molecule has 0 saturated heterocycles. The molecule has 1 aliphatic rings. The molecule has 1 aromatic carbocycles. The predicted molar refractivity (Wildman–Crippen MR) is 70.6 cm³/mol. The van der Waals surface area contributed by atoms with E-state index < -0.39 is 0 Å². The van der Waals surface area contributed by atoms with Crippen LogP contribution in [0.25, 0.3) is 5.69 Å². The Kier molecular flexibility index (Phi) is 3.35. The summed E-state index contributed by atoms with van der Waals surface area (Å²) in [4.78, 5) is 0. The van der Waals surface area contributed by atoms with Crippen molar-refractivity contribution in [1.82, 2.24) is 25.5 Å². The number of methoxy groups -OCH3 is 1. The molecule has 0 unspecified atom stereocenters. The highest BCUT2D eigenvalue weighted by atomic mass is 35.5. The highest BCUT2D eigenvalue weighted by molar-refractivity contribution is 6.32. The van der Waals surface area contributed by atoms with Crippen LogP contribution >= 0.6 is 11.6 Å². The fraction of sp³-hybridized carbons (Fsp3) is 0.417.